The van der Waals surface area contributed by atoms with E-state index >= 15 is 0 Å². The third kappa shape index (κ3) is 5.28. The molecule has 2 aromatic carbocycles. The molecule has 39 heavy (non-hydrogen) atoms. The van der Waals surface area contributed by atoms with E-state index in [1.807, 2.05) is 30.3 Å². The number of likely N-dealkylation sites (tertiary alicyclic amines) is 1. The Morgan fingerprint density at radius 1 is 1.05 bits per heavy atom. The smallest absolute Gasteiger partial charge is 0.352 e. The van der Waals surface area contributed by atoms with Gasteiger partial charge in [0, 0.05) is 48.1 Å². The molecule has 5 rings (SSSR count). The lowest BCUT2D eigenvalue weighted by Crippen LogP contribution is -2.48. The molecule has 0 bridgehead atoms. The zero-order valence-electron chi connectivity index (χ0n) is 22.1. The number of anilines is 1. The van der Waals surface area contributed by atoms with Crippen molar-refractivity contribution in [3.05, 3.63) is 65.9 Å². The van der Waals surface area contributed by atoms with E-state index in [0.29, 0.717) is 49.7 Å². The van der Waals surface area contributed by atoms with Crippen LogP contribution in [0.1, 0.15) is 54.1 Å². The van der Waals surface area contributed by atoms with Crippen LogP contribution < -0.4 is 11.1 Å². The summed E-state index contributed by atoms with van der Waals surface area (Å²) in [5.41, 5.74) is 8.37. The van der Waals surface area contributed by atoms with E-state index in [9.17, 15) is 23.9 Å². The summed E-state index contributed by atoms with van der Waals surface area (Å²) in [4.78, 5) is 40.9. The highest BCUT2D eigenvalue weighted by Gasteiger charge is 2.44. The molecule has 0 unspecified atom stereocenters. The number of halogens is 1. The maximum absolute atomic E-state index is 13.8. The van der Waals surface area contributed by atoms with Crippen molar-refractivity contribution in [1.82, 2.24) is 9.47 Å². The molecule has 0 spiro atoms. The van der Waals surface area contributed by atoms with Crippen LogP contribution in [0.4, 0.5) is 10.1 Å². The lowest BCUT2D eigenvalue weighted by Gasteiger charge is -2.35. The minimum absolute atomic E-state index is 0.0227. The van der Waals surface area contributed by atoms with Gasteiger partial charge in [0.15, 0.2) is 0 Å². The third-order valence-electron chi connectivity index (χ3n) is 8.61. The first-order valence-electron chi connectivity index (χ1n) is 13.6. The summed E-state index contributed by atoms with van der Waals surface area (Å²) >= 11 is 0. The highest BCUT2D eigenvalue weighted by atomic mass is 19.1. The number of nitrogens with two attached hydrogens (primary N) is 1. The molecule has 2 fully saturated rings. The van der Waals surface area contributed by atoms with Crippen molar-refractivity contribution in [3.63, 3.8) is 0 Å². The summed E-state index contributed by atoms with van der Waals surface area (Å²) in [5, 5.41) is 13.2. The first-order valence-corrected chi connectivity index (χ1v) is 13.6. The van der Waals surface area contributed by atoms with Crippen LogP contribution in [0, 0.1) is 11.8 Å². The van der Waals surface area contributed by atoms with Crippen molar-refractivity contribution in [2.24, 2.45) is 24.6 Å². The average Bonchev–Trinajstić information content (AvgIpc) is 3.54. The van der Waals surface area contributed by atoms with Crippen molar-refractivity contribution in [3.8, 4) is 0 Å². The number of nitrogens with zero attached hydrogens (tertiary/aromatic N) is 2. The topological polar surface area (TPSA) is 118 Å². The number of benzene rings is 2. The van der Waals surface area contributed by atoms with Gasteiger partial charge in [0.2, 0.25) is 11.8 Å². The predicted octanol–water partition coefficient (Wildman–Crippen LogP) is 4.30. The van der Waals surface area contributed by atoms with Crippen LogP contribution in [0.5, 0.6) is 0 Å². The molecule has 0 radical (unpaired) electrons. The predicted molar refractivity (Wildman–Crippen MR) is 147 cm³/mol. The molecule has 1 aromatic heterocycles. The van der Waals surface area contributed by atoms with Gasteiger partial charge < -0.3 is 25.6 Å². The molecule has 3 atom stereocenters. The maximum Gasteiger partial charge on any atom is 0.352 e. The Hall–Kier alpha value is -3.72. The number of carbonyl (C=O) groups excluding carboxylic acids is 2. The molecular formula is C30H35FN4O4. The highest BCUT2D eigenvalue weighted by Crippen LogP contribution is 2.38. The summed E-state index contributed by atoms with van der Waals surface area (Å²) in [6.45, 7) is -0.0666. The fraction of sp³-hybridized carbons (Fsp3) is 0.433. The van der Waals surface area contributed by atoms with E-state index in [2.05, 4.69) is 5.32 Å². The lowest BCUT2D eigenvalue weighted by molar-refractivity contribution is -0.141. The van der Waals surface area contributed by atoms with Crippen molar-refractivity contribution in [2.75, 3.05) is 18.5 Å². The number of carboxylic acids is 1. The molecule has 8 nitrogen and oxygen atoms in total. The number of aromatic carboxylic acids is 1. The standard InChI is InChI=1S/C30H35FN4O4/c1-34-25-12-11-22(15-21(25)16-26(34)30(38)39)33-28(36)27-23(18-5-3-2-4-6-18)13-14-35(27)29(37)20-9-7-19(8-10-20)24(32)17-31/h2-6,11-12,15-16,19-20,23-24,27H,7-10,13-14,17,32H2,1H3,(H,33,36)(H,38,39)/t19?,20?,23-,24+,27-/m0/s1. The van der Waals surface area contributed by atoms with Gasteiger partial charge in [-0.05, 0) is 67.9 Å². The van der Waals surface area contributed by atoms with Gasteiger partial charge >= 0.3 is 5.97 Å². The van der Waals surface area contributed by atoms with Crippen LogP contribution in [0.3, 0.4) is 0 Å². The SMILES string of the molecule is Cn1c(C(=O)O)cc2cc(NC(=O)[C@@H]3[C@H](c4ccccc4)CCN3C(=O)C3CCC([C@H](N)CF)CC3)ccc21. The van der Waals surface area contributed by atoms with Gasteiger partial charge in [-0.25, -0.2) is 9.18 Å². The molecule has 1 aliphatic carbocycles. The molecule has 4 N–H and O–H groups in total. The summed E-state index contributed by atoms with van der Waals surface area (Å²) in [6.07, 6.45) is 3.40. The first-order chi connectivity index (χ1) is 18.8. The number of amides is 2. The molecule has 1 saturated carbocycles. The van der Waals surface area contributed by atoms with Crippen molar-refractivity contribution in [1.29, 1.82) is 0 Å². The van der Waals surface area contributed by atoms with E-state index in [-0.39, 0.29) is 35.3 Å². The highest BCUT2D eigenvalue weighted by molar-refractivity contribution is 6.01. The number of aromatic nitrogens is 1. The fourth-order valence-electron chi connectivity index (χ4n) is 6.42. The monoisotopic (exact) mass is 534 g/mol. The number of hydrogen-bond donors (Lipinski definition) is 3. The van der Waals surface area contributed by atoms with Gasteiger partial charge in [0.25, 0.3) is 0 Å². The Bertz CT molecular complexity index is 1370. The number of hydrogen-bond acceptors (Lipinski definition) is 4. The molecule has 1 saturated heterocycles. The van der Waals surface area contributed by atoms with Gasteiger partial charge in [-0.15, -0.1) is 0 Å². The Kier molecular flexibility index (Phi) is 7.70. The maximum atomic E-state index is 13.8. The third-order valence-corrected chi connectivity index (χ3v) is 8.61. The first kappa shape index (κ1) is 26.9. The Morgan fingerprint density at radius 2 is 1.77 bits per heavy atom. The molecule has 1 aliphatic heterocycles. The Morgan fingerprint density at radius 3 is 2.44 bits per heavy atom. The number of rotatable bonds is 7. The Labute approximate surface area is 227 Å². The van der Waals surface area contributed by atoms with Crippen LogP contribution in [-0.4, -0.2) is 57.7 Å². The van der Waals surface area contributed by atoms with Crippen molar-refractivity contribution in [2.45, 2.75) is 50.1 Å². The lowest BCUT2D eigenvalue weighted by atomic mass is 9.78. The van der Waals surface area contributed by atoms with Crippen LogP contribution >= 0.6 is 0 Å². The fourth-order valence-corrected chi connectivity index (χ4v) is 6.42. The van der Waals surface area contributed by atoms with Gasteiger partial charge in [-0.1, -0.05) is 30.3 Å². The molecule has 2 heterocycles. The van der Waals surface area contributed by atoms with Crippen molar-refractivity contribution >= 4 is 34.4 Å². The number of aryl methyl sites for hydroxylation is 1. The zero-order valence-corrected chi connectivity index (χ0v) is 22.1. The van der Waals surface area contributed by atoms with E-state index in [0.717, 1.165) is 11.1 Å². The summed E-state index contributed by atoms with van der Waals surface area (Å²) < 4.78 is 14.7. The second kappa shape index (κ2) is 11.2. The van der Waals surface area contributed by atoms with E-state index in [1.165, 1.54) is 0 Å². The zero-order chi connectivity index (χ0) is 27.7. The minimum atomic E-state index is -1.02. The van der Waals surface area contributed by atoms with Crippen LogP contribution in [0.15, 0.2) is 54.6 Å². The normalized spacial score (nSPS) is 24.0. The second-order valence-corrected chi connectivity index (χ2v) is 10.9. The molecule has 2 aliphatic rings. The van der Waals surface area contributed by atoms with Crippen LogP contribution in [0.2, 0.25) is 0 Å². The number of alkyl halides is 1. The molecule has 3 aromatic rings. The molecule has 206 valence electrons. The summed E-state index contributed by atoms with van der Waals surface area (Å²) in [5.74, 6) is -1.57. The van der Waals surface area contributed by atoms with E-state index in [1.54, 1.807) is 40.8 Å². The Balaban J connectivity index is 1.38. The van der Waals surface area contributed by atoms with Gasteiger partial charge in [0.05, 0.1) is 0 Å². The van der Waals surface area contributed by atoms with E-state index in [4.69, 9.17) is 5.73 Å². The number of carbonyl (C=O) groups is 3. The summed E-state index contributed by atoms with van der Waals surface area (Å²) in [7, 11) is 1.69. The number of carboxylic acid groups (broad SMARTS) is 1. The van der Waals surface area contributed by atoms with Crippen LogP contribution in [0.25, 0.3) is 10.9 Å². The minimum Gasteiger partial charge on any atom is -0.477 e. The summed E-state index contributed by atoms with van der Waals surface area (Å²) in [6, 6.07) is 15.5. The molecule has 2 amide bonds. The van der Waals surface area contributed by atoms with Crippen LogP contribution in [-0.2, 0) is 16.6 Å². The second-order valence-electron chi connectivity index (χ2n) is 10.9. The molecular weight excluding hydrogens is 499 g/mol. The van der Waals surface area contributed by atoms with Gasteiger partial charge in [0.1, 0.15) is 18.4 Å². The van der Waals surface area contributed by atoms with E-state index < -0.39 is 24.7 Å². The molecule has 9 heteroatoms. The quantitative estimate of drug-likeness (QED) is 0.418. The van der Waals surface area contributed by atoms with Crippen molar-refractivity contribution < 1.29 is 23.9 Å². The van der Waals surface area contributed by atoms with Gasteiger partial charge in [-0.2, -0.15) is 0 Å². The number of fused-ring (bicyclic) bond motifs is 1. The number of nitrogens with one attached hydrogen (secondary N) is 1. The largest absolute Gasteiger partial charge is 0.477 e. The average molecular weight is 535 g/mol. The van der Waals surface area contributed by atoms with Gasteiger partial charge in [-0.3, -0.25) is 9.59 Å².